The Labute approximate surface area is 117 Å². The van der Waals surface area contributed by atoms with Crippen LogP contribution in [0.5, 0.6) is 0 Å². The van der Waals surface area contributed by atoms with E-state index in [0.717, 1.165) is 6.04 Å². The largest absolute Gasteiger partial charge is 0.306 e. The Morgan fingerprint density at radius 1 is 1.21 bits per heavy atom. The topological polar surface area (TPSA) is 15.3 Å². The Morgan fingerprint density at radius 3 is 2.89 bits per heavy atom. The molecule has 0 radical (unpaired) electrons. The molecule has 2 aliphatic heterocycles. The average Bonchev–Trinajstić information content (AvgIpc) is 2.97. The Hall–Kier alpha value is -0.860. The van der Waals surface area contributed by atoms with Crippen molar-refractivity contribution >= 4 is 0 Å². The van der Waals surface area contributed by atoms with Crippen LogP contribution in [0.25, 0.3) is 0 Å². The number of nitrogens with zero attached hydrogens (tertiary/aromatic N) is 1. The van der Waals surface area contributed by atoms with Crippen molar-refractivity contribution in [3.8, 4) is 0 Å². The van der Waals surface area contributed by atoms with Crippen LogP contribution in [-0.2, 0) is 0 Å². The van der Waals surface area contributed by atoms with E-state index in [-0.39, 0.29) is 0 Å². The van der Waals surface area contributed by atoms with Crippen LogP contribution in [0.4, 0.5) is 0 Å². The van der Waals surface area contributed by atoms with Gasteiger partial charge in [0, 0.05) is 24.7 Å². The van der Waals surface area contributed by atoms with Crippen molar-refractivity contribution in [1.82, 2.24) is 10.2 Å². The van der Waals surface area contributed by atoms with Gasteiger partial charge in [0.2, 0.25) is 0 Å². The molecule has 2 nitrogen and oxygen atoms in total. The smallest absolute Gasteiger partial charge is 0.0297 e. The summed E-state index contributed by atoms with van der Waals surface area (Å²) in [5.74, 6) is 0. The van der Waals surface area contributed by atoms with Crippen LogP contribution in [0, 0.1) is 13.8 Å². The second kappa shape index (κ2) is 5.26. The first-order valence-electron chi connectivity index (χ1n) is 7.72. The molecule has 0 bridgehead atoms. The third kappa shape index (κ3) is 2.56. The van der Waals surface area contributed by atoms with E-state index in [1.54, 1.807) is 0 Å². The molecule has 1 aromatic carbocycles. The number of fused-ring (bicyclic) bond motifs is 1. The molecule has 0 aliphatic carbocycles. The second-order valence-electron chi connectivity index (χ2n) is 6.39. The quantitative estimate of drug-likeness (QED) is 0.895. The molecular weight excluding hydrogens is 232 g/mol. The minimum absolute atomic E-state index is 0.463. The maximum atomic E-state index is 3.89. The Bertz CT molecular complexity index is 455. The van der Waals surface area contributed by atoms with Crippen LogP contribution in [0.1, 0.15) is 48.9 Å². The zero-order valence-electron chi connectivity index (χ0n) is 12.4. The molecule has 0 saturated carbocycles. The highest BCUT2D eigenvalue weighted by Crippen LogP contribution is 2.30. The molecule has 3 rings (SSSR count). The van der Waals surface area contributed by atoms with Crippen molar-refractivity contribution in [2.75, 3.05) is 13.1 Å². The second-order valence-corrected chi connectivity index (χ2v) is 6.39. The predicted molar refractivity (Wildman–Crippen MR) is 80.5 cm³/mol. The number of hydrogen-bond acceptors (Lipinski definition) is 2. The van der Waals surface area contributed by atoms with Crippen LogP contribution in [0.15, 0.2) is 18.2 Å². The van der Waals surface area contributed by atoms with E-state index >= 15 is 0 Å². The normalized spacial score (nSPS) is 28.6. The Balaban J connectivity index is 1.71. The van der Waals surface area contributed by atoms with Crippen molar-refractivity contribution < 1.29 is 0 Å². The van der Waals surface area contributed by atoms with Gasteiger partial charge in [0.15, 0.2) is 0 Å². The highest BCUT2D eigenvalue weighted by molar-refractivity contribution is 5.32. The van der Waals surface area contributed by atoms with Crippen LogP contribution >= 0.6 is 0 Å². The van der Waals surface area contributed by atoms with Crippen molar-refractivity contribution in [3.63, 3.8) is 0 Å². The van der Waals surface area contributed by atoms with Gasteiger partial charge in [-0.15, -0.1) is 0 Å². The molecule has 0 aromatic heterocycles. The number of hydrogen-bond donors (Lipinski definition) is 1. The van der Waals surface area contributed by atoms with Crippen molar-refractivity contribution in [2.24, 2.45) is 0 Å². The molecule has 2 fully saturated rings. The number of benzene rings is 1. The van der Waals surface area contributed by atoms with Gasteiger partial charge in [-0.3, -0.25) is 4.90 Å². The molecule has 1 N–H and O–H groups in total. The van der Waals surface area contributed by atoms with E-state index in [2.05, 4.69) is 49.2 Å². The van der Waals surface area contributed by atoms with Gasteiger partial charge in [-0.1, -0.05) is 23.8 Å². The molecule has 3 unspecified atom stereocenters. The third-order valence-electron chi connectivity index (χ3n) is 4.97. The van der Waals surface area contributed by atoms with Crippen LogP contribution in [-0.4, -0.2) is 30.1 Å². The van der Waals surface area contributed by atoms with E-state index in [4.69, 9.17) is 0 Å². The van der Waals surface area contributed by atoms with Crippen LogP contribution in [0.2, 0.25) is 0 Å². The fourth-order valence-electron chi connectivity index (χ4n) is 3.91. The predicted octanol–water partition coefficient (Wildman–Crippen LogP) is 3.19. The van der Waals surface area contributed by atoms with Crippen molar-refractivity contribution in [3.05, 3.63) is 34.9 Å². The van der Waals surface area contributed by atoms with Crippen molar-refractivity contribution in [1.29, 1.82) is 0 Å². The molecule has 2 aliphatic rings. The highest BCUT2D eigenvalue weighted by atomic mass is 15.2. The van der Waals surface area contributed by atoms with Gasteiger partial charge < -0.3 is 5.32 Å². The minimum atomic E-state index is 0.463. The average molecular weight is 258 g/mol. The fourth-order valence-corrected chi connectivity index (χ4v) is 3.91. The number of aryl methyl sites for hydroxylation is 2. The first-order chi connectivity index (χ1) is 9.15. The van der Waals surface area contributed by atoms with Gasteiger partial charge in [0.25, 0.3) is 0 Å². The lowest BCUT2D eigenvalue weighted by Gasteiger charge is -2.26. The summed E-state index contributed by atoms with van der Waals surface area (Å²) in [4.78, 5) is 2.67. The van der Waals surface area contributed by atoms with E-state index < -0.39 is 0 Å². The molecule has 0 spiro atoms. The molecule has 3 atom stereocenters. The van der Waals surface area contributed by atoms with Gasteiger partial charge >= 0.3 is 0 Å². The lowest BCUT2D eigenvalue weighted by molar-refractivity contribution is 0.291. The molecule has 2 heterocycles. The summed E-state index contributed by atoms with van der Waals surface area (Å²) >= 11 is 0. The summed E-state index contributed by atoms with van der Waals surface area (Å²) < 4.78 is 0. The maximum Gasteiger partial charge on any atom is 0.0297 e. The third-order valence-corrected chi connectivity index (χ3v) is 4.97. The lowest BCUT2D eigenvalue weighted by atomic mass is 9.98. The summed E-state index contributed by atoms with van der Waals surface area (Å²) in [6.45, 7) is 9.34. The summed E-state index contributed by atoms with van der Waals surface area (Å²) in [5.41, 5.74) is 4.24. The lowest BCUT2D eigenvalue weighted by Crippen LogP contribution is -2.40. The number of rotatable bonds is 3. The van der Waals surface area contributed by atoms with Gasteiger partial charge in [0.05, 0.1) is 0 Å². The van der Waals surface area contributed by atoms with Gasteiger partial charge in [-0.05, 0) is 57.7 Å². The Morgan fingerprint density at radius 2 is 2.05 bits per heavy atom. The van der Waals surface area contributed by atoms with E-state index in [0.29, 0.717) is 12.1 Å². The minimum Gasteiger partial charge on any atom is -0.306 e. The van der Waals surface area contributed by atoms with E-state index in [1.165, 1.54) is 49.0 Å². The van der Waals surface area contributed by atoms with Crippen molar-refractivity contribution in [2.45, 2.75) is 58.2 Å². The fraction of sp³-hybridized carbons (Fsp3) is 0.647. The first kappa shape index (κ1) is 13.1. The standard InChI is InChI=1S/C17H26N2/c1-12-6-7-13(2)15(11-12)14(3)18-16-8-10-19-9-4-5-17(16)19/h6-7,11,14,16-18H,4-5,8-10H2,1-3H3. The van der Waals surface area contributed by atoms with E-state index in [9.17, 15) is 0 Å². The maximum absolute atomic E-state index is 3.89. The zero-order chi connectivity index (χ0) is 13.4. The summed E-state index contributed by atoms with van der Waals surface area (Å²) in [5, 5.41) is 3.89. The molecule has 0 amide bonds. The summed E-state index contributed by atoms with van der Waals surface area (Å²) in [6, 6.07) is 8.75. The molecule has 104 valence electrons. The molecule has 2 saturated heterocycles. The summed E-state index contributed by atoms with van der Waals surface area (Å²) in [7, 11) is 0. The van der Waals surface area contributed by atoms with Crippen LogP contribution < -0.4 is 5.32 Å². The van der Waals surface area contributed by atoms with Gasteiger partial charge in [-0.25, -0.2) is 0 Å². The Kier molecular flexibility index (Phi) is 3.64. The molecule has 19 heavy (non-hydrogen) atoms. The molecule has 1 aromatic rings. The monoisotopic (exact) mass is 258 g/mol. The van der Waals surface area contributed by atoms with Gasteiger partial charge in [-0.2, -0.15) is 0 Å². The molecule has 2 heteroatoms. The van der Waals surface area contributed by atoms with E-state index in [1.807, 2.05) is 0 Å². The highest BCUT2D eigenvalue weighted by Gasteiger charge is 2.37. The van der Waals surface area contributed by atoms with Gasteiger partial charge in [0.1, 0.15) is 0 Å². The van der Waals surface area contributed by atoms with Crippen LogP contribution in [0.3, 0.4) is 0 Å². The number of nitrogens with one attached hydrogen (secondary N) is 1. The first-order valence-corrected chi connectivity index (χ1v) is 7.72. The SMILES string of the molecule is Cc1ccc(C)c(C(C)NC2CCN3CCCC23)c1. The summed E-state index contributed by atoms with van der Waals surface area (Å²) in [6.07, 6.45) is 4.09. The zero-order valence-corrected chi connectivity index (χ0v) is 12.4. The molecular formula is C17H26N2.